The number of benzene rings is 2. The number of hydrogen-bond acceptors (Lipinski definition) is 6. The summed E-state index contributed by atoms with van der Waals surface area (Å²) in [5, 5.41) is 5.55. The Morgan fingerprint density at radius 3 is 2.36 bits per heavy atom. The van der Waals surface area contributed by atoms with Crippen LogP contribution in [-0.2, 0) is 15.1 Å². The fourth-order valence-electron chi connectivity index (χ4n) is 7.61. The molecule has 238 valence electrons. The largest absolute Gasteiger partial charge is 0.338 e. The van der Waals surface area contributed by atoms with Gasteiger partial charge in [-0.15, -0.1) is 0 Å². The maximum absolute atomic E-state index is 14.6. The summed E-state index contributed by atoms with van der Waals surface area (Å²) in [5.74, 6) is -0.387. The number of hydrogen-bond donors (Lipinski definition) is 1. The lowest BCUT2D eigenvalue weighted by molar-refractivity contribution is -0.144. The van der Waals surface area contributed by atoms with Gasteiger partial charge >= 0.3 is 0 Å². The quantitative estimate of drug-likeness (QED) is 0.379. The van der Waals surface area contributed by atoms with E-state index in [1.54, 1.807) is 4.90 Å². The lowest BCUT2D eigenvalue weighted by atomic mass is 9.81. The molecule has 2 aromatic rings. The van der Waals surface area contributed by atoms with Crippen LogP contribution in [0.4, 0.5) is 4.39 Å². The van der Waals surface area contributed by atoms with Gasteiger partial charge in [0.25, 0.3) is 5.91 Å². The van der Waals surface area contributed by atoms with Crippen molar-refractivity contribution in [2.75, 3.05) is 26.3 Å². The van der Waals surface area contributed by atoms with Crippen LogP contribution in [0.1, 0.15) is 63.6 Å². The minimum Gasteiger partial charge on any atom is -0.338 e. The molecule has 0 bridgehead atoms. The molecule has 7 nitrogen and oxygen atoms in total. The van der Waals surface area contributed by atoms with E-state index in [9.17, 15) is 14.0 Å². The molecule has 45 heavy (non-hydrogen) atoms. The molecule has 3 fully saturated rings. The van der Waals surface area contributed by atoms with Crippen LogP contribution in [0.5, 0.6) is 0 Å². The van der Waals surface area contributed by atoms with Crippen molar-refractivity contribution in [1.82, 2.24) is 20.0 Å². The molecule has 1 aliphatic carbocycles. The van der Waals surface area contributed by atoms with E-state index in [0.29, 0.717) is 40.9 Å². The number of amides is 2. The summed E-state index contributed by atoms with van der Waals surface area (Å²) in [6, 6.07) is 13.9. The van der Waals surface area contributed by atoms with Gasteiger partial charge in [0.15, 0.2) is 5.17 Å². The number of carbonyl (C=O) groups is 2. The van der Waals surface area contributed by atoms with Crippen molar-refractivity contribution in [1.29, 1.82) is 0 Å². The zero-order valence-electron chi connectivity index (χ0n) is 25.7. The predicted octanol–water partition coefficient (Wildman–Crippen LogP) is 6.53. The Morgan fingerprint density at radius 1 is 1.07 bits per heavy atom. The minimum absolute atomic E-state index is 0.0196. The molecule has 2 saturated heterocycles. The molecule has 2 amide bonds. The molecule has 11 heteroatoms. The number of piperazine rings is 1. The SMILES string of the molecule is CC(C)C1=C(C(=O)N2[C@H](CF)CC[C@@H]2C(=O)N2CCNC3(CC3)C2)SC2=N[C@@](C)(c3ccc(Cl)cc3)[C@@H](c3ccc(Cl)cc3)N21. The highest BCUT2D eigenvalue weighted by Crippen LogP contribution is 2.56. The number of likely N-dealkylation sites (tertiary alicyclic amines) is 1. The molecule has 4 aliphatic heterocycles. The maximum Gasteiger partial charge on any atom is 0.263 e. The van der Waals surface area contributed by atoms with Crippen molar-refractivity contribution in [3.63, 3.8) is 0 Å². The third-order valence-electron chi connectivity index (χ3n) is 10.1. The van der Waals surface area contributed by atoms with Crippen LogP contribution in [0, 0.1) is 5.92 Å². The van der Waals surface area contributed by atoms with Crippen LogP contribution in [0.25, 0.3) is 0 Å². The molecular formula is C34H38Cl2FN5O2S. The van der Waals surface area contributed by atoms with Crippen LogP contribution < -0.4 is 5.32 Å². The van der Waals surface area contributed by atoms with Gasteiger partial charge in [0.1, 0.15) is 23.2 Å². The second kappa shape index (κ2) is 11.6. The normalized spacial score (nSPS) is 28.7. The third kappa shape index (κ3) is 5.28. The van der Waals surface area contributed by atoms with Crippen LogP contribution in [-0.4, -0.2) is 75.6 Å². The lowest BCUT2D eigenvalue weighted by Crippen LogP contribution is -2.58. The summed E-state index contributed by atoms with van der Waals surface area (Å²) in [5.41, 5.74) is 2.18. The van der Waals surface area contributed by atoms with E-state index in [-0.39, 0.29) is 29.3 Å². The van der Waals surface area contributed by atoms with E-state index < -0.39 is 24.3 Å². The number of amidine groups is 1. The number of carbonyl (C=O) groups excluding carboxylic acids is 2. The fourth-order valence-corrected chi connectivity index (χ4v) is 9.21. The van der Waals surface area contributed by atoms with Crippen molar-refractivity contribution in [3.8, 4) is 0 Å². The molecule has 2 aromatic carbocycles. The Kier molecular flexibility index (Phi) is 7.99. The number of aliphatic imine (C=N–C) groups is 1. The highest BCUT2D eigenvalue weighted by Gasteiger charge is 2.55. The molecule has 1 N–H and O–H groups in total. The van der Waals surface area contributed by atoms with Gasteiger partial charge in [0, 0.05) is 40.9 Å². The second-order valence-electron chi connectivity index (χ2n) is 13.4. The zero-order chi connectivity index (χ0) is 31.7. The summed E-state index contributed by atoms with van der Waals surface area (Å²) in [6.45, 7) is 7.55. The van der Waals surface area contributed by atoms with Gasteiger partial charge in [-0.3, -0.25) is 9.59 Å². The number of rotatable bonds is 6. The number of nitrogens with one attached hydrogen (secondary N) is 1. The first-order valence-corrected chi connectivity index (χ1v) is 17.4. The Bertz CT molecular complexity index is 1580. The number of nitrogens with zero attached hydrogens (tertiary/aromatic N) is 4. The Hall–Kier alpha value is -2.59. The Balaban J connectivity index is 1.27. The molecule has 0 radical (unpaired) electrons. The summed E-state index contributed by atoms with van der Waals surface area (Å²) in [7, 11) is 0. The Labute approximate surface area is 278 Å². The summed E-state index contributed by atoms with van der Waals surface area (Å²) in [6.07, 6.45) is 3.05. The van der Waals surface area contributed by atoms with E-state index in [4.69, 9.17) is 28.2 Å². The smallest absolute Gasteiger partial charge is 0.263 e. The number of fused-ring (bicyclic) bond motifs is 1. The van der Waals surface area contributed by atoms with E-state index in [1.165, 1.54) is 11.8 Å². The molecule has 0 aromatic heterocycles. The third-order valence-corrected chi connectivity index (χ3v) is 11.7. The van der Waals surface area contributed by atoms with Crippen LogP contribution in [0.2, 0.25) is 10.0 Å². The van der Waals surface area contributed by atoms with Gasteiger partial charge in [-0.05, 0) is 85.7 Å². The van der Waals surface area contributed by atoms with E-state index in [2.05, 4.69) is 31.0 Å². The molecular weight excluding hydrogens is 632 g/mol. The van der Waals surface area contributed by atoms with Gasteiger partial charge in [0.2, 0.25) is 5.91 Å². The standard InChI is InChI=1S/C34H38Cl2FN5O2S/c1-20(2)27-28(31(44)41-25(18-37)12-13-26(41)30(43)40-17-16-38-34(19-40)14-15-34)45-32-39-33(3,22-6-10-24(36)11-7-22)29(42(27)32)21-4-8-23(35)9-5-21/h4-11,20,25-26,29,38H,12-19H2,1-3H3/t25-,26+,29+,33-/m0/s1. The van der Waals surface area contributed by atoms with Crippen LogP contribution >= 0.6 is 35.0 Å². The van der Waals surface area contributed by atoms with Gasteiger partial charge in [0.05, 0.1) is 12.1 Å². The minimum atomic E-state index is -0.690. The maximum atomic E-state index is 14.6. The first-order valence-electron chi connectivity index (χ1n) is 15.8. The number of allylic oxidation sites excluding steroid dienone is 1. The number of alkyl halides is 1. The van der Waals surface area contributed by atoms with Crippen molar-refractivity contribution < 1.29 is 14.0 Å². The van der Waals surface area contributed by atoms with Crippen LogP contribution in [0.3, 0.4) is 0 Å². The molecule has 1 spiro atoms. The average molecular weight is 671 g/mol. The highest BCUT2D eigenvalue weighted by molar-refractivity contribution is 8.18. The van der Waals surface area contributed by atoms with Gasteiger partial charge < -0.3 is 20.0 Å². The Morgan fingerprint density at radius 2 is 1.73 bits per heavy atom. The number of thioether (sulfide) groups is 1. The highest BCUT2D eigenvalue weighted by atomic mass is 35.5. The monoisotopic (exact) mass is 669 g/mol. The molecule has 1 saturated carbocycles. The first kappa shape index (κ1) is 31.0. The van der Waals surface area contributed by atoms with Crippen molar-refractivity contribution in [2.45, 2.75) is 75.7 Å². The van der Waals surface area contributed by atoms with Crippen LogP contribution in [0.15, 0.2) is 64.1 Å². The molecule has 0 unspecified atom stereocenters. The van der Waals surface area contributed by atoms with Crippen molar-refractivity contribution in [2.24, 2.45) is 10.9 Å². The van der Waals surface area contributed by atoms with Gasteiger partial charge in [-0.2, -0.15) is 0 Å². The average Bonchev–Trinajstić information content (AvgIpc) is 3.35. The van der Waals surface area contributed by atoms with Gasteiger partial charge in [-0.1, -0.05) is 61.3 Å². The predicted molar refractivity (Wildman–Crippen MR) is 178 cm³/mol. The zero-order valence-corrected chi connectivity index (χ0v) is 28.1. The van der Waals surface area contributed by atoms with Crippen molar-refractivity contribution >= 4 is 51.9 Å². The topological polar surface area (TPSA) is 68.2 Å². The molecule has 4 atom stereocenters. The summed E-state index contributed by atoms with van der Waals surface area (Å²) in [4.78, 5) is 40.1. The van der Waals surface area contributed by atoms with E-state index in [1.807, 2.05) is 53.4 Å². The number of halogens is 3. The summed E-state index contributed by atoms with van der Waals surface area (Å²) >= 11 is 13.9. The van der Waals surface area contributed by atoms with Gasteiger partial charge in [-0.25, -0.2) is 9.38 Å². The first-order chi connectivity index (χ1) is 21.5. The fraction of sp³-hybridized carbons (Fsp3) is 0.500. The molecule has 7 rings (SSSR count). The van der Waals surface area contributed by atoms with E-state index >= 15 is 0 Å². The second-order valence-corrected chi connectivity index (χ2v) is 15.3. The lowest BCUT2D eigenvalue weighted by Gasteiger charge is -2.38. The van der Waals surface area contributed by atoms with E-state index in [0.717, 1.165) is 41.4 Å². The van der Waals surface area contributed by atoms with Crippen molar-refractivity contribution in [3.05, 3.63) is 80.3 Å². The molecule has 4 heterocycles. The summed E-state index contributed by atoms with van der Waals surface area (Å²) < 4.78 is 14.5. The molecule has 5 aliphatic rings.